The Morgan fingerprint density at radius 3 is 2.10 bits per heavy atom. The highest BCUT2D eigenvalue weighted by Crippen LogP contribution is 2.55. The predicted octanol–water partition coefficient (Wildman–Crippen LogP) is 4.17. The van der Waals surface area contributed by atoms with Crippen molar-refractivity contribution in [3.63, 3.8) is 0 Å². The van der Waals surface area contributed by atoms with Crippen LogP contribution in [0, 0.1) is 19.7 Å². The topological polar surface area (TPSA) is 26.0 Å². The Morgan fingerprint density at radius 2 is 1.60 bits per heavy atom. The fraction of sp³-hybridized carbons (Fsp3) is 0.333. The molecule has 3 rings (SSSR count). The minimum atomic E-state index is -0.120. The van der Waals surface area contributed by atoms with Gasteiger partial charge in [-0.05, 0) is 48.9 Å². The third-order valence-electron chi connectivity index (χ3n) is 4.55. The van der Waals surface area contributed by atoms with E-state index in [1.54, 1.807) is 13.8 Å². The van der Waals surface area contributed by atoms with Gasteiger partial charge in [-0.3, -0.25) is 0 Å². The van der Waals surface area contributed by atoms with Crippen molar-refractivity contribution in [1.82, 2.24) is 0 Å². The van der Waals surface area contributed by atoms with Crippen molar-refractivity contribution in [2.24, 2.45) is 5.73 Å². The van der Waals surface area contributed by atoms with Crippen LogP contribution < -0.4 is 5.73 Å². The quantitative estimate of drug-likeness (QED) is 0.889. The average Bonchev–Trinajstić information content (AvgIpc) is 3.26. The van der Waals surface area contributed by atoms with Crippen LogP contribution in [0.3, 0.4) is 0 Å². The number of hydrogen-bond acceptors (Lipinski definition) is 1. The van der Waals surface area contributed by atoms with E-state index in [2.05, 4.69) is 24.3 Å². The molecule has 0 spiro atoms. The van der Waals surface area contributed by atoms with Crippen molar-refractivity contribution < 1.29 is 4.39 Å². The Bertz CT molecular complexity index is 606. The summed E-state index contributed by atoms with van der Waals surface area (Å²) in [5, 5.41) is 0. The lowest BCUT2D eigenvalue weighted by molar-refractivity contribution is 0.537. The molecule has 0 bridgehead atoms. The van der Waals surface area contributed by atoms with Crippen molar-refractivity contribution in [2.45, 2.75) is 38.1 Å². The third kappa shape index (κ3) is 2.04. The molecule has 1 nitrogen and oxygen atoms in total. The highest BCUT2D eigenvalue weighted by atomic mass is 19.1. The van der Waals surface area contributed by atoms with Gasteiger partial charge in [0.2, 0.25) is 0 Å². The van der Waals surface area contributed by atoms with Crippen LogP contribution in [0.15, 0.2) is 42.5 Å². The molecule has 0 amide bonds. The van der Waals surface area contributed by atoms with Crippen LogP contribution >= 0.6 is 0 Å². The number of benzene rings is 2. The van der Waals surface area contributed by atoms with Crippen molar-refractivity contribution >= 4 is 0 Å². The van der Waals surface area contributed by atoms with Gasteiger partial charge < -0.3 is 5.73 Å². The highest BCUT2D eigenvalue weighted by molar-refractivity contribution is 5.41. The van der Waals surface area contributed by atoms with Crippen LogP contribution in [0.4, 0.5) is 4.39 Å². The molecular weight excluding hydrogens is 249 g/mol. The summed E-state index contributed by atoms with van der Waals surface area (Å²) in [5.74, 6) is -0.120. The molecule has 2 aromatic rings. The maximum absolute atomic E-state index is 13.8. The van der Waals surface area contributed by atoms with E-state index < -0.39 is 0 Å². The molecule has 0 heterocycles. The predicted molar refractivity (Wildman–Crippen MR) is 80.2 cm³/mol. The SMILES string of the molecule is Cc1cc(C(N)C2(c3ccccc3)CC2)cc(C)c1F. The molecule has 20 heavy (non-hydrogen) atoms. The lowest BCUT2D eigenvalue weighted by atomic mass is 9.83. The molecular formula is C18H20FN. The first-order chi connectivity index (χ1) is 9.54. The normalized spacial score (nSPS) is 17.8. The molecule has 1 unspecified atom stereocenters. The first-order valence-electron chi connectivity index (χ1n) is 7.12. The zero-order valence-corrected chi connectivity index (χ0v) is 12.0. The van der Waals surface area contributed by atoms with Gasteiger partial charge in [-0.15, -0.1) is 0 Å². The monoisotopic (exact) mass is 269 g/mol. The van der Waals surface area contributed by atoms with Crippen molar-refractivity contribution in [1.29, 1.82) is 0 Å². The molecule has 2 aromatic carbocycles. The molecule has 0 aromatic heterocycles. The fourth-order valence-corrected chi connectivity index (χ4v) is 3.16. The Hall–Kier alpha value is -1.67. The largest absolute Gasteiger partial charge is 0.323 e. The van der Waals surface area contributed by atoms with E-state index >= 15 is 0 Å². The van der Waals surface area contributed by atoms with Gasteiger partial charge in [-0.1, -0.05) is 42.5 Å². The summed E-state index contributed by atoms with van der Waals surface area (Å²) in [7, 11) is 0. The third-order valence-corrected chi connectivity index (χ3v) is 4.55. The Balaban J connectivity index is 1.99. The number of rotatable bonds is 3. The van der Waals surface area contributed by atoms with E-state index in [4.69, 9.17) is 5.73 Å². The lowest BCUT2D eigenvalue weighted by Gasteiger charge is -2.25. The van der Waals surface area contributed by atoms with Crippen molar-refractivity contribution in [3.8, 4) is 0 Å². The number of nitrogens with two attached hydrogens (primary N) is 1. The van der Waals surface area contributed by atoms with Gasteiger partial charge in [0.25, 0.3) is 0 Å². The second-order valence-electron chi connectivity index (χ2n) is 5.97. The second kappa shape index (κ2) is 4.71. The van der Waals surface area contributed by atoms with E-state index in [-0.39, 0.29) is 17.3 Å². The van der Waals surface area contributed by atoms with Gasteiger partial charge in [0, 0.05) is 11.5 Å². The number of hydrogen-bond donors (Lipinski definition) is 1. The van der Waals surface area contributed by atoms with E-state index in [9.17, 15) is 4.39 Å². The Morgan fingerprint density at radius 1 is 1.05 bits per heavy atom. The van der Waals surface area contributed by atoms with Crippen molar-refractivity contribution in [3.05, 3.63) is 70.5 Å². The average molecular weight is 269 g/mol. The van der Waals surface area contributed by atoms with Gasteiger partial charge >= 0.3 is 0 Å². The van der Waals surface area contributed by atoms with Crippen molar-refractivity contribution in [2.75, 3.05) is 0 Å². The molecule has 104 valence electrons. The molecule has 0 aliphatic heterocycles. The van der Waals surface area contributed by atoms with Gasteiger partial charge in [0.05, 0.1) is 0 Å². The van der Waals surface area contributed by atoms with Crippen LogP contribution in [0.2, 0.25) is 0 Å². The molecule has 2 heteroatoms. The standard InChI is InChI=1S/C18H20FN/c1-12-10-14(11-13(2)16(12)19)17(20)18(8-9-18)15-6-4-3-5-7-15/h3-7,10-11,17H,8-9,20H2,1-2H3. The second-order valence-corrected chi connectivity index (χ2v) is 5.97. The number of halogens is 1. The highest BCUT2D eigenvalue weighted by Gasteiger charge is 2.49. The van der Waals surface area contributed by atoms with Crippen LogP contribution in [-0.2, 0) is 5.41 Å². The molecule has 1 saturated carbocycles. The van der Waals surface area contributed by atoms with Gasteiger partial charge in [0.15, 0.2) is 0 Å². The van der Waals surface area contributed by atoms with Gasteiger partial charge in [-0.2, -0.15) is 0 Å². The molecule has 0 saturated heterocycles. The zero-order valence-electron chi connectivity index (χ0n) is 12.0. The zero-order chi connectivity index (χ0) is 14.3. The lowest BCUT2D eigenvalue weighted by Crippen LogP contribution is -2.26. The summed E-state index contributed by atoms with van der Waals surface area (Å²) < 4.78 is 13.8. The maximum Gasteiger partial charge on any atom is 0.129 e. The summed E-state index contributed by atoms with van der Waals surface area (Å²) in [6.45, 7) is 3.61. The summed E-state index contributed by atoms with van der Waals surface area (Å²) in [6.07, 6.45) is 2.21. The summed E-state index contributed by atoms with van der Waals surface area (Å²) >= 11 is 0. The van der Waals surface area contributed by atoms with E-state index in [0.717, 1.165) is 18.4 Å². The van der Waals surface area contributed by atoms with Crippen LogP contribution in [-0.4, -0.2) is 0 Å². The fourth-order valence-electron chi connectivity index (χ4n) is 3.16. The number of aryl methyl sites for hydroxylation is 2. The van der Waals surface area contributed by atoms with E-state index in [1.165, 1.54) is 5.56 Å². The molecule has 1 atom stereocenters. The maximum atomic E-state index is 13.8. The molecule has 1 fully saturated rings. The molecule has 2 N–H and O–H groups in total. The van der Waals surface area contributed by atoms with E-state index in [1.807, 2.05) is 18.2 Å². The van der Waals surface area contributed by atoms with Gasteiger partial charge in [-0.25, -0.2) is 4.39 Å². The Labute approximate surface area is 119 Å². The Kier molecular flexibility index (Phi) is 3.14. The van der Waals surface area contributed by atoms with Crippen LogP contribution in [0.1, 0.15) is 41.1 Å². The minimum absolute atomic E-state index is 0.0397. The summed E-state index contributed by atoms with van der Waals surface area (Å²) in [5.41, 5.74) is 10.3. The molecule has 1 aliphatic carbocycles. The molecule has 0 radical (unpaired) electrons. The minimum Gasteiger partial charge on any atom is -0.323 e. The smallest absolute Gasteiger partial charge is 0.129 e. The molecule has 1 aliphatic rings. The first kappa shape index (κ1) is 13.3. The van der Waals surface area contributed by atoms with E-state index in [0.29, 0.717) is 11.1 Å². The summed E-state index contributed by atoms with van der Waals surface area (Å²) in [6, 6.07) is 14.2. The first-order valence-corrected chi connectivity index (χ1v) is 7.12. The van der Waals surface area contributed by atoms with Crippen LogP contribution in [0.5, 0.6) is 0 Å². The van der Waals surface area contributed by atoms with Crippen LogP contribution in [0.25, 0.3) is 0 Å². The summed E-state index contributed by atoms with van der Waals surface area (Å²) in [4.78, 5) is 0. The van der Waals surface area contributed by atoms with Gasteiger partial charge in [0.1, 0.15) is 5.82 Å².